The summed E-state index contributed by atoms with van der Waals surface area (Å²) in [5.41, 5.74) is 0.0693. The average Bonchev–Trinajstić information content (AvgIpc) is 2.57. The predicted molar refractivity (Wildman–Crippen MR) is 80.8 cm³/mol. The van der Waals surface area contributed by atoms with Gasteiger partial charge in [0.05, 0.1) is 21.1 Å². The van der Waals surface area contributed by atoms with E-state index in [1.165, 1.54) is 13.1 Å². The van der Waals surface area contributed by atoms with Gasteiger partial charge in [0, 0.05) is 19.5 Å². The molecule has 3 N–H and O–H groups in total. The second kappa shape index (κ2) is 5.85. The number of azo groups is 1. The topological polar surface area (TPSA) is 154 Å². The Balaban J connectivity index is 2.87. The second-order valence-corrected chi connectivity index (χ2v) is 7.46. The van der Waals surface area contributed by atoms with E-state index in [2.05, 4.69) is 10.2 Å². The van der Waals surface area contributed by atoms with Gasteiger partial charge in [-0.25, -0.2) is 0 Å². The first-order valence-corrected chi connectivity index (χ1v) is 8.95. The molecule has 0 aliphatic heterocycles. The highest BCUT2D eigenvalue weighted by molar-refractivity contribution is 7.90. The van der Waals surface area contributed by atoms with Gasteiger partial charge in [0.2, 0.25) is 0 Å². The van der Waals surface area contributed by atoms with Crippen molar-refractivity contribution in [2.75, 3.05) is 7.05 Å². The highest BCUT2D eigenvalue weighted by Crippen LogP contribution is 2.37. The van der Waals surface area contributed by atoms with Crippen molar-refractivity contribution in [1.82, 2.24) is 0 Å². The lowest BCUT2D eigenvalue weighted by Crippen LogP contribution is -2.02. The van der Waals surface area contributed by atoms with Crippen molar-refractivity contribution < 1.29 is 31.0 Å². The van der Waals surface area contributed by atoms with E-state index >= 15 is 0 Å². The van der Waals surface area contributed by atoms with Crippen LogP contribution in [-0.2, 0) is 20.2 Å². The molecular weight excluding hydrogens is 348 g/mol. The first kappa shape index (κ1) is 17.3. The van der Waals surface area contributed by atoms with Crippen molar-refractivity contribution >= 4 is 32.0 Å². The van der Waals surface area contributed by atoms with Gasteiger partial charge < -0.3 is 5.11 Å². The van der Waals surface area contributed by atoms with Crippen LogP contribution in [0.2, 0.25) is 0 Å². The maximum atomic E-state index is 11.4. The lowest BCUT2D eigenvalue weighted by molar-refractivity contribution is 0.464. The zero-order valence-corrected chi connectivity index (χ0v) is 13.3. The van der Waals surface area contributed by atoms with E-state index in [1.807, 2.05) is 0 Å². The van der Waals surface area contributed by atoms with Crippen LogP contribution in [-0.4, -0.2) is 38.1 Å². The number of benzene rings is 1. The molecule has 9 nitrogen and oxygen atoms in total. The van der Waals surface area contributed by atoms with Crippen molar-refractivity contribution in [1.29, 1.82) is 0 Å². The maximum absolute atomic E-state index is 11.4. The van der Waals surface area contributed by atoms with E-state index in [-0.39, 0.29) is 23.2 Å². The smallest absolute Gasteiger partial charge is 0.294 e. The summed E-state index contributed by atoms with van der Waals surface area (Å²) in [6.07, 6.45) is 2.07. The number of hydrogen-bond donors (Lipinski definition) is 3. The first-order valence-electron chi connectivity index (χ1n) is 6.07. The Hall–Kier alpha value is -2.08. The van der Waals surface area contributed by atoms with Crippen LogP contribution >= 0.6 is 0 Å². The molecule has 0 atom stereocenters. The minimum Gasteiger partial charge on any atom is -0.507 e. The van der Waals surface area contributed by atoms with Gasteiger partial charge in [-0.1, -0.05) is 6.08 Å². The van der Waals surface area contributed by atoms with Gasteiger partial charge in [0.25, 0.3) is 20.2 Å². The second-order valence-electron chi connectivity index (χ2n) is 4.56. The fourth-order valence-electron chi connectivity index (χ4n) is 2.07. The minimum absolute atomic E-state index is 0.0293. The van der Waals surface area contributed by atoms with E-state index < -0.39 is 35.8 Å². The van der Waals surface area contributed by atoms with Gasteiger partial charge in [-0.05, 0) is 17.7 Å². The normalized spacial score (nSPS) is 15.8. The van der Waals surface area contributed by atoms with E-state index in [1.54, 1.807) is 0 Å². The Bertz CT molecular complexity index is 957. The maximum Gasteiger partial charge on any atom is 0.294 e. The highest BCUT2D eigenvalue weighted by atomic mass is 32.2. The van der Waals surface area contributed by atoms with Crippen molar-refractivity contribution in [2.24, 2.45) is 10.2 Å². The van der Waals surface area contributed by atoms with Crippen LogP contribution in [0.4, 0.5) is 0 Å². The van der Waals surface area contributed by atoms with Crippen LogP contribution in [0, 0.1) is 0 Å². The van der Waals surface area contributed by atoms with Crippen LogP contribution in [0.3, 0.4) is 0 Å². The van der Waals surface area contributed by atoms with Gasteiger partial charge in [-0.3, -0.25) is 9.11 Å². The number of allylic oxidation sites excluding steroid dienone is 2. The van der Waals surface area contributed by atoms with Crippen molar-refractivity contribution in [3.8, 4) is 5.75 Å². The molecule has 0 saturated heterocycles. The number of aromatic hydroxyl groups is 1. The van der Waals surface area contributed by atoms with Crippen molar-refractivity contribution in [3.63, 3.8) is 0 Å². The summed E-state index contributed by atoms with van der Waals surface area (Å²) in [5, 5.41) is 17.4. The molecule has 0 unspecified atom stereocenters. The number of hydrogen-bond acceptors (Lipinski definition) is 7. The zero-order valence-electron chi connectivity index (χ0n) is 11.7. The molecular formula is C12H12N2O7S2. The van der Waals surface area contributed by atoms with Crippen LogP contribution < -0.4 is 0 Å². The number of phenols is 1. The van der Waals surface area contributed by atoms with Crippen LogP contribution in [0.1, 0.15) is 17.5 Å². The first-order chi connectivity index (χ1) is 10.5. The summed E-state index contributed by atoms with van der Waals surface area (Å²) in [7, 11) is -7.82. The van der Waals surface area contributed by atoms with Crippen LogP contribution in [0.5, 0.6) is 5.75 Å². The van der Waals surface area contributed by atoms with E-state index in [0.717, 1.165) is 18.2 Å². The fourth-order valence-corrected chi connectivity index (χ4v) is 3.18. The molecule has 1 aromatic carbocycles. The van der Waals surface area contributed by atoms with Gasteiger partial charge in [0.15, 0.2) is 0 Å². The summed E-state index contributed by atoms with van der Waals surface area (Å²) < 4.78 is 63.5. The molecule has 0 spiro atoms. The molecule has 0 heterocycles. The lowest BCUT2D eigenvalue weighted by Gasteiger charge is -2.09. The van der Waals surface area contributed by atoms with E-state index in [9.17, 15) is 26.5 Å². The largest absolute Gasteiger partial charge is 0.507 e. The van der Waals surface area contributed by atoms with Gasteiger partial charge in [-0.15, -0.1) is 0 Å². The van der Waals surface area contributed by atoms with Crippen LogP contribution in [0.15, 0.2) is 38.2 Å². The molecule has 0 fully saturated rings. The monoisotopic (exact) mass is 360 g/mol. The summed E-state index contributed by atoms with van der Waals surface area (Å²) in [6, 6.07) is 1.76. The fraction of sp³-hybridized carbons (Fsp3) is 0.167. The molecule has 11 heteroatoms. The SMILES string of the molecule is CN=NC1=CCC(S(=O)(=O)O)=Cc2cc(S(=O)(=O)O)cc(O)c21. The Morgan fingerprint density at radius 3 is 2.26 bits per heavy atom. The molecule has 1 aliphatic rings. The molecule has 23 heavy (non-hydrogen) atoms. The minimum atomic E-state index is -4.63. The van der Waals surface area contributed by atoms with Gasteiger partial charge in [0.1, 0.15) is 5.75 Å². The molecule has 0 bridgehead atoms. The molecule has 0 aromatic heterocycles. The summed E-state index contributed by atoms with van der Waals surface area (Å²) >= 11 is 0. The number of fused-ring (bicyclic) bond motifs is 1. The Morgan fingerprint density at radius 2 is 1.74 bits per heavy atom. The molecule has 124 valence electrons. The van der Waals surface area contributed by atoms with E-state index in [0.29, 0.717) is 0 Å². The molecule has 2 rings (SSSR count). The van der Waals surface area contributed by atoms with Gasteiger partial charge >= 0.3 is 0 Å². The summed E-state index contributed by atoms with van der Waals surface area (Å²) in [6.45, 7) is 0. The molecule has 1 aromatic rings. The molecule has 1 aliphatic carbocycles. The van der Waals surface area contributed by atoms with Crippen LogP contribution in [0.25, 0.3) is 11.8 Å². The molecule has 0 amide bonds. The standard InChI is InChI=1S/C12H12N2O7S2/c1-13-14-10-3-2-8(22(16,17)18)4-7-5-9(23(19,20)21)6-11(15)12(7)10/h3-6,15H,2H2,1H3,(H,16,17,18)(H,19,20,21). The average molecular weight is 360 g/mol. The summed E-state index contributed by atoms with van der Waals surface area (Å²) in [5.74, 6) is -0.540. The van der Waals surface area contributed by atoms with E-state index in [4.69, 9.17) is 4.55 Å². The Kier molecular flexibility index (Phi) is 4.39. The Labute approximate surface area is 132 Å². The van der Waals surface area contributed by atoms with Gasteiger partial charge in [-0.2, -0.15) is 27.1 Å². The Morgan fingerprint density at radius 1 is 1.09 bits per heavy atom. The van der Waals surface area contributed by atoms with Crippen molar-refractivity contribution in [2.45, 2.75) is 11.3 Å². The predicted octanol–water partition coefficient (Wildman–Crippen LogP) is 1.69. The molecule has 0 saturated carbocycles. The third kappa shape index (κ3) is 3.64. The number of nitrogens with zero attached hydrogens (tertiary/aromatic N) is 2. The third-order valence-corrected chi connectivity index (χ3v) is 4.81. The number of phenolic OH excluding ortho intramolecular Hbond substituents is 1. The van der Waals surface area contributed by atoms with Crippen molar-refractivity contribution in [3.05, 3.63) is 34.2 Å². The molecule has 0 radical (unpaired) electrons. The quantitative estimate of drug-likeness (QED) is 0.547. The third-order valence-electron chi connectivity index (χ3n) is 3.03. The summed E-state index contributed by atoms with van der Waals surface area (Å²) in [4.78, 5) is -1.05. The number of rotatable bonds is 3. The highest BCUT2D eigenvalue weighted by Gasteiger charge is 2.24. The lowest BCUT2D eigenvalue weighted by atomic mass is 10.0. The zero-order chi connectivity index (χ0) is 17.4.